The molecule has 0 radical (unpaired) electrons. The molecule has 2 nitrogen and oxygen atoms in total. The van der Waals surface area contributed by atoms with Gasteiger partial charge in [0.15, 0.2) is 5.78 Å². The molecule has 0 amide bonds. The number of thiophene rings is 1. The molecule has 0 N–H and O–H groups in total. The third-order valence-corrected chi connectivity index (χ3v) is 3.43. The van der Waals surface area contributed by atoms with E-state index >= 15 is 0 Å². The highest BCUT2D eigenvalue weighted by Crippen LogP contribution is 2.21. The van der Waals surface area contributed by atoms with E-state index in [1.165, 1.54) is 0 Å². The number of rotatable bonds is 4. The molecule has 0 atom stereocenters. The van der Waals surface area contributed by atoms with Crippen LogP contribution in [0.4, 0.5) is 0 Å². The molecule has 2 rings (SSSR count). The van der Waals surface area contributed by atoms with Crippen LogP contribution < -0.4 is 0 Å². The maximum absolute atomic E-state index is 11.9. The SMILES string of the molecule is Cc1cc(C(=O)/C=C/C=C/c2ccco2)c(C)s1. The lowest BCUT2D eigenvalue weighted by Crippen LogP contribution is -1.92. The van der Waals surface area contributed by atoms with Crippen molar-refractivity contribution < 1.29 is 9.21 Å². The van der Waals surface area contributed by atoms with Crippen molar-refractivity contribution in [2.45, 2.75) is 13.8 Å². The highest BCUT2D eigenvalue weighted by Gasteiger charge is 2.08. The van der Waals surface area contributed by atoms with Gasteiger partial charge in [0.2, 0.25) is 0 Å². The minimum Gasteiger partial charge on any atom is -0.465 e. The van der Waals surface area contributed by atoms with Crippen LogP contribution in [0, 0.1) is 13.8 Å². The number of ketones is 1. The number of aryl methyl sites for hydroxylation is 2. The molecule has 0 aliphatic heterocycles. The highest BCUT2D eigenvalue weighted by atomic mass is 32.1. The fourth-order valence-electron chi connectivity index (χ4n) is 1.64. The fraction of sp³-hybridized carbons (Fsp3) is 0.133. The second-order valence-electron chi connectivity index (χ2n) is 3.92. The Bertz CT molecular complexity index is 586. The Hall–Kier alpha value is -1.87. The quantitative estimate of drug-likeness (QED) is 0.462. The van der Waals surface area contributed by atoms with Gasteiger partial charge in [-0.1, -0.05) is 12.2 Å². The van der Waals surface area contributed by atoms with E-state index in [1.807, 2.05) is 38.1 Å². The first kappa shape index (κ1) is 12.6. The van der Waals surface area contributed by atoms with E-state index < -0.39 is 0 Å². The van der Waals surface area contributed by atoms with Crippen LogP contribution in [-0.4, -0.2) is 5.78 Å². The molecule has 3 heteroatoms. The molecule has 2 aromatic heterocycles. The summed E-state index contributed by atoms with van der Waals surface area (Å²) in [5.41, 5.74) is 0.792. The van der Waals surface area contributed by atoms with E-state index in [0.29, 0.717) is 0 Å². The molecule has 0 bridgehead atoms. The van der Waals surface area contributed by atoms with Crippen LogP contribution in [0.5, 0.6) is 0 Å². The van der Waals surface area contributed by atoms with Crippen LogP contribution >= 0.6 is 11.3 Å². The summed E-state index contributed by atoms with van der Waals surface area (Å²) in [6.07, 6.45) is 8.54. The van der Waals surface area contributed by atoms with Gasteiger partial charge in [0.1, 0.15) is 5.76 Å². The Morgan fingerprint density at radius 3 is 2.78 bits per heavy atom. The average Bonchev–Trinajstić information content (AvgIpc) is 2.94. The minimum atomic E-state index is 0.0425. The summed E-state index contributed by atoms with van der Waals surface area (Å²) in [6, 6.07) is 5.62. The number of hydrogen-bond donors (Lipinski definition) is 0. The highest BCUT2D eigenvalue weighted by molar-refractivity contribution is 7.12. The summed E-state index contributed by atoms with van der Waals surface area (Å²) >= 11 is 1.65. The lowest BCUT2D eigenvalue weighted by molar-refractivity contribution is 0.104. The van der Waals surface area contributed by atoms with Crippen molar-refractivity contribution in [1.29, 1.82) is 0 Å². The van der Waals surface area contributed by atoms with E-state index in [0.717, 1.165) is 21.1 Å². The zero-order chi connectivity index (χ0) is 13.0. The Balaban J connectivity index is 2.01. The monoisotopic (exact) mass is 258 g/mol. The second kappa shape index (κ2) is 5.65. The molecular formula is C15H14O2S. The molecule has 0 aromatic carbocycles. The molecule has 0 fully saturated rings. The van der Waals surface area contributed by atoms with Gasteiger partial charge in [-0.2, -0.15) is 0 Å². The van der Waals surface area contributed by atoms with E-state index in [9.17, 15) is 4.79 Å². The summed E-state index contributed by atoms with van der Waals surface area (Å²) in [5.74, 6) is 0.815. The number of furan rings is 1. The van der Waals surface area contributed by atoms with Crippen molar-refractivity contribution in [3.8, 4) is 0 Å². The first-order valence-electron chi connectivity index (χ1n) is 5.66. The second-order valence-corrected chi connectivity index (χ2v) is 5.39. The summed E-state index contributed by atoms with van der Waals surface area (Å²) in [7, 11) is 0. The van der Waals surface area contributed by atoms with Gasteiger partial charge in [0.05, 0.1) is 6.26 Å². The Labute approximate surface area is 110 Å². The smallest absolute Gasteiger partial charge is 0.186 e. The number of allylic oxidation sites excluding steroid dienone is 3. The van der Waals surface area contributed by atoms with Gasteiger partial charge in [0.25, 0.3) is 0 Å². The number of carbonyl (C=O) groups excluding carboxylic acids is 1. The lowest BCUT2D eigenvalue weighted by atomic mass is 10.1. The topological polar surface area (TPSA) is 30.2 Å². The molecule has 2 heterocycles. The Morgan fingerprint density at radius 1 is 1.33 bits per heavy atom. The predicted molar refractivity (Wildman–Crippen MR) is 75.0 cm³/mol. The van der Waals surface area contributed by atoms with Gasteiger partial charge in [0, 0.05) is 15.3 Å². The van der Waals surface area contributed by atoms with Gasteiger partial charge in [-0.15, -0.1) is 11.3 Å². The van der Waals surface area contributed by atoms with Crippen LogP contribution in [0.1, 0.15) is 25.9 Å². The van der Waals surface area contributed by atoms with Crippen LogP contribution in [-0.2, 0) is 0 Å². The van der Waals surface area contributed by atoms with E-state index in [1.54, 1.807) is 35.8 Å². The van der Waals surface area contributed by atoms with Crippen molar-refractivity contribution in [3.63, 3.8) is 0 Å². The third kappa shape index (κ3) is 3.08. The first-order valence-corrected chi connectivity index (χ1v) is 6.48. The molecule has 0 aliphatic rings. The number of hydrogen-bond acceptors (Lipinski definition) is 3. The average molecular weight is 258 g/mol. The van der Waals surface area contributed by atoms with Gasteiger partial charge in [-0.05, 0) is 44.2 Å². The van der Waals surface area contributed by atoms with Gasteiger partial charge in [-0.25, -0.2) is 0 Å². The van der Waals surface area contributed by atoms with Crippen molar-refractivity contribution in [3.05, 3.63) is 63.8 Å². The first-order chi connectivity index (χ1) is 8.66. The summed E-state index contributed by atoms with van der Waals surface area (Å²) < 4.78 is 5.14. The summed E-state index contributed by atoms with van der Waals surface area (Å²) in [6.45, 7) is 3.98. The van der Waals surface area contributed by atoms with Crippen LogP contribution in [0.25, 0.3) is 6.08 Å². The van der Waals surface area contributed by atoms with Gasteiger partial charge in [-0.3, -0.25) is 4.79 Å². The van der Waals surface area contributed by atoms with E-state index in [2.05, 4.69) is 0 Å². The van der Waals surface area contributed by atoms with Crippen molar-refractivity contribution in [2.75, 3.05) is 0 Å². The van der Waals surface area contributed by atoms with Gasteiger partial charge >= 0.3 is 0 Å². The molecule has 0 aliphatic carbocycles. The molecular weight excluding hydrogens is 244 g/mol. The predicted octanol–water partition coefficient (Wildman–Crippen LogP) is 4.41. The fourth-order valence-corrected chi connectivity index (χ4v) is 2.57. The molecule has 0 spiro atoms. The maximum Gasteiger partial charge on any atom is 0.186 e. The summed E-state index contributed by atoms with van der Waals surface area (Å²) in [4.78, 5) is 14.1. The summed E-state index contributed by atoms with van der Waals surface area (Å²) in [5, 5.41) is 0. The molecule has 0 saturated carbocycles. The van der Waals surface area contributed by atoms with Gasteiger partial charge < -0.3 is 4.42 Å². The minimum absolute atomic E-state index is 0.0425. The third-order valence-electron chi connectivity index (χ3n) is 2.47. The molecule has 0 unspecified atom stereocenters. The van der Waals surface area contributed by atoms with Crippen LogP contribution in [0.2, 0.25) is 0 Å². The zero-order valence-electron chi connectivity index (χ0n) is 10.3. The Kier molecular flexibility index (Phi) is 3.95. The zero-order valence-corrected chi connectivity index (χ0v) is 11.2. The molecule has 0 saturated heterocycles. The number of carbonyl (C=O) groups is 1. The molecule has 18 heavy (non-hydrogen) atoms. The Morgan fingerprint density at radius 2 is 2.17 bits per heavy atom. The molecule has 92 valence electrons. The maximum atomic E-state index is 11.9. The standard InChI is InChI=1S/C15H14O2S/c1-11-10-14(12(2)18-11)15(16)8-4-3-6-13-7-5-9-17-13/h3-10H,1-2H3/b6-3+,8-4+. The normalized spacial score (nSPS) is 11.7. The van der Waals surface area contributed by atoms with Crippen molar-refractivity contribution in [2.24, 2.45) is 0 Å². The van der Waals surface area contributed by atoms with Crippen LogP contribution in [0.3, 0.4) is 0 Å². The van der Waals surface area contributed by atoms with E-state index in [4.69, 9.17) is 4.42 Å². The largest absolute Gasteiger partial charge is 0.465 e. The molecule has 2 aromatic rings. The van der Waals surface area contributed by atoms with Crippen LogP contribution in [0.15, 0.2) is 47.1 Å². The van der Waals surface area contributed by atoms with E-state index in [-0.39, 0.29) is 5.78 Å². The van der Waals surface area contributed by atoms with Crippen molar-refractivity contribution >= 4 is 23.2 Å². The lowest BCUT2D eigenvalue weighted by Gasteiger charge is -1.91. The van der Waals surface area contributed by atoms with Crippen molar-refractivity contribution in [1.82, 2.24) is 0 Å².